The Morgan fingerprint density at radius 2 is 1.67 bits per heavy atom. The Hall–Kier alpha value is -2.90. The molecule has 0 saturated heterocycles. The van der Waals surface area contributed by atoms with E-state index in [0.29, 0.717) is 6.07 Å². The summed E-state index contributed by atoms with van der Waals surface area (Å²) in [7, 11) is 0. The van der Waals surface area contributed by atoms with E-state index in [1.54, 1.807) is 0 Å². The molecule has 0 fully saturated rings. The third kappa shape index (κ3) is 2.99. The summed E-state index contributed by atoms with van der Waals surface area (Å²) in [6.07, 6.45) is 0. The number of carbonyl (C=O) groups is 1. The van der Waals surface area contributed by atoms with Crippen LogP contribution < -0.4 is 5.32 Å². The molecule has 0 atom stereocenters. The van der Waals surface area contributed by atoms with Crippen molar-refractivity contribution in [3.8, 4) is 0 Å². The summed E-state index contributed by atoms with van der Waals surface area (Å²) in [4.78, 5) is 21.4. The summed E-state index contributed by atoms with van der Waals surface area (Å²) in [6, 6.07) is 5.37. The van der Waals surface area contributed by atoms with Crippen LogP contribution in [-0.4, -0.2) is 10.8 Å². The Morgan fingerprint density at radius 3 is 2.24 bits per heavy atom. The van der Waals surface area contributed by atoms with Gasteiger partial charge in [0.1, 0.15) is 17.3 Å². The lowest BCUT2D eigenvalue weighted by molar-refractivity contribution is -0.387. The van der Waals surface area contributed by atoms with Gasteiger partial charge in [-0.3, -0.25) is 14.9 Å². The predicted octanol–water partition coefficient (Wildman–Crippen LogP) is 3.26. The summed E-state index contributed by atoms with van der Waals surface area (Å²) in [6.45, 7) is 0. The van der Waals surface area contributed by atoms with Crippen LogP contribution in [-0.2, 0) is 0 Å². The zero-order chi connectivity index (χ0) is 15.6. The Balaban J connectivity index is 2.33. The number of rotatable bonds is 3. The lowest BCUT2D eigenvalue weighted by Gasteiger charge is -2.07. The van der Waals surface area contributed by atoms with Gasteiger partial charge in [-0.1, -0.05) is 6.07 Å². The Kier molecular flexibility index (Phi) is 3.88. The van der Waals surface area contributed by atoms with Gasteiger partial charge in [0.05, 0.1) is 4.92 Å². The van der Waals surface area contributed by atoms with E-state index in [-0.39, 0.29) is 5.56 Å². The first-order valence-electron chi connectivity index (χ1n) is 5.59. The highest BCUT2D eigenvalue weighted by molar-refractivity contribution is 6.04. The second-order valence-electron chi connectivity index (χ2n) is 3.97. The van der Waals surface area contributed by atoms with Crippen molar-refractivity contribution in [2.45, 2.75) is 0 Å². The molecule has 0 saturated carbocycles. The average molecular weight is 296 g/mol. The topological polar surface area (TPSA) is 72.2 Å². The number of halogens is 3. The third-order valence-electron chi connectivity index (χ3n) is 2.61. The fourth-order valence-electron chi connectivity index (χ4n) is 1.60. The number of carbonyl (C=O) groups excluding carboxylic acids is 1. The minimum absolute atomic E-state index is 0.300. The molecule has 1 N–H and O–H groups in total. The van der Waals surface area contributed by atoms with E-state index in [0.717, 1.165) is 30.3 Å². The summed E-state index contributed by atoms with van der Waals surface area (Å²) < 4.78 is 39.9. The molecule has 5 nitrogen and oxygen atoms in total. The molecular formula is C13H7F3N2O3. The number of nitrogens with one attached hydrogen (secondary N) is 1. The fourth-order valence-corrected chi connectivity index (χ4v) is 1.60. The quantitative estimate of drug-likeness (QED) is 0.698. The summed E-state index contributed by atoms with van der Waals surface area (Å²) >= 11 is 0. The van der Waals surface area contributed by atoms with E-state index in [9.17, 15) is 28.1 Å². The number of para-hydroxylation sites is 1. The number of nitro groups is 1. The number of amides is 1. The molecule has 108 valence electrons. The Labute approximate surface area is 116 Å². The number of nitro benzene ring substituents is 1. The molecule has 21 heavy (non-hydrogen) atoms. The van der Waals surface area contributed by atoms with E-state index in [1.807, 2.05) is 5.32 Å². The van der Waals surface area contributed by atoms with Gasteiger partial charge in [0, 0.05) is 11.6 Å². The maximum absolute atomic E-state index is 13.4. The van der Waals surface area contributed by atoms with Crippen molar-refractivity contribution >= 4 is 17.3 Å². The minimum atomic E-state index is -1.12. The number of nitrogens with zero attached hydrogens (tertiary/aromatic N) is 1. The molecule has 0 heterocycles. The van der Waals surface area contributed by atoms with E-state index in [4.69, 9.17) is 0 Å². The van der Waals surface area contributed by atoms with Crippen LogP contribution in [0.3, 0.4) is 0 Å². The van der Waals surface area contributed by atoms with Crippen LogP contribution in [0.2, 0.25) is 0 Å². The summed E-state index contributed by atoms with van der Waals surface area (Å²) in [5.41, 5.74) is -1.89. The Morgan fingerprint density at radius 1 is 1.05 bits per heavy atom. The van der Waals surface area contributed by atoms with E-state index in [2.05, 4.69) is 0 Å². The largest absolute Gasteiger partial charge is 0.317 e. The van der Waals surface area contributed by atoms with Crippen LogP contribution in [0.25, 0.3) is 0 Å². The number of anilines is 1. The van der Waals surface area contributed by atoms with Crippen LogP contribution in [0, 0.1) is 27.6 Å². The maximum atomic E-state index is 13.4. The highest BCUT2D eigenvalue weighted by atomic mass is 19.1. The van der Waals surface area contributed by atoms with Gasteiger partial charge in [-0.25, -0.2) is 8.78 Å². The molecular weight excluding hydrogens is 289 g/mol. The zero-order valence-electron chi connectivity index (χ0n) is 10.3. The van der Waals surface area contributed by atoms with Crippen LogP contribution in [0.1, 0.15) is 10.4 Å². The summed E-state index contributed by atoms with van der Waals surface area (Å²) in [5.74, 6) is -4.12. The second-order valence-corrected chi connectivity index (χ2v) is 3.97. The van der Waals surface area contributed by atoms with Crippen LogP contribution >= 0.6 is 0 Å². The van der Waals surface area contributed by atoms with Gasteiger partial charge in [0.15, 0.2) is 0 Å². The first-order valence-corrected chi connectivity index (χ1v) is 5.59. The van der Waals surface area contributed by atoms with Crippen LogP contribution in [0.15, 0.2) is 36.4 Å². The lowest BCUT2D eigenvalue weighted by atomic mass is 10.1. The van der Waals surface area contributed by atoms with E-state index in [1.165, 1.54) is 0 Å². The highest BCUT2D eigenvalue weighted by Crippen LogP contribution is 2.22. The molecule has 2 aromatic carbocycles. The first kappa shape index (κ1) is 14.5. The zero-order valence-corrected chi connectivity index (χ0v) is 10.3. The van der Waals surface area contributed by atoms with Gasteiger partial charge >= 0.3 is 5.69 Å². The van der Waals surface area contributed by atoms with E-state index < -0.39 is 39.7 Å². The molecule has 0 aliphatic carbocycles. The second kappa shape index (κ2) is 5.61. The van der Waals surface area contributed by atoms with Gasteiger partial charge in [-0.05, 0) is 24.3 Å². The number of hydrogen-bond donors (Lipinski definition) is 1. The minimum Gasteiger partial charge on any atom is -0.317 e. The first-order chi connectivity index (χ1) is 9.90. The van der Waals surface area contributed by atoms with Crippen LogP contribution in [0.4, 0.5) is 24.5 Å². The average Bonchev–Trinajstić information content (AvgIpc) is 2.43. The molecule has 0 aliphatic heterocycles. The van der Waals surface area contributed by atoms with Crippen molar-refractivity contribution in [2.75, 3.05) is 5.32 Å². The third-order valence-corrected chi connectivity index (χ3v) is 2.61. The molecule has 0 spiro atoms. The van der Waals surface area contributed by atoms with Crippen LogP contribution in [0.5, 0.6) is 0 Å². The van der Waals surface area contributed by atoms with Gasteiger partial charge in [0.25, 0.3) is 5.91 Å². The molecule has 0 aromatic heterocycles. The standard InChI is InChI=1S/C13H7F3N2O3/c14-8-5-4-7(6-11(8)18(20)21)13(19)17-12-9(15)2-1-3-10(12)16/h1-6H,(H,17,19). The molecule has 0 radical (unpaired) electrons. The number of benzene rings is 2. The predicted molar refractivity (Wildman–Crippen MR) is 67.4 cm³/mol. The normalized spacial score (nSPS) is 10.2. The van der Waals surface area contributed by atoms with Gasteiger partial charge in [0.2, 0.25) is 5.82 Å². The van der Waals surface area contributed by atoms with Crippen molar-refractivity contribution in [1.82, 2.24) is 0 Å². The van der Waals surface area contributed by atoms with Crippen molar-refractivity contribution in [3.05, 3.63) is 69.5 Å². The monoisotopic (exact) mass is 296 g/mol. The summed E-state index contributed by atoms with van der Waals surface area (Å²) in [5, 5.41) is 12.5. The maximum Gasteiger partial charge on any atom is 0.305 e. The molecule has 0 unspecified atom stereocenters. The SMILES string of the molecule is O=C(Nc1c(F)cccc1F)c1ccc(F)c([N+](=O)[O-])c1. The molecule has 2 rings (SSSR count). The Bertz CT molecular complexity index is 714. The van der Waals surface area contributed by atoms with Gasteiger partial charge in [-0.15, -0.1) is 0 Å². The van der Waals surface area contributed by atoms with Crippen molar-refractivity contribution in [3.63, 3.8) is 0 Å². The molecule has 2 aromatic rings. The van der Waals surface area contributed by atoms with E-state index >= 15 is 0 Å². The molecule has 0 aliphatic rings. The molecule has 8 heteroatoms. The van der Waals surface area contributed by atoms with Gasteiger partial charge < -0.3 is 5.32 Å². The molecule has 0 bridgehead atoms. The lowest BCUT2D eigenvalue weighted by Crippen LogP contribution is -2.14. The van der Waals surface area contributed by atoms with Crippen molar-refractivity contribution in [1.29, 1.82) is 0 Å². The van der Waals surface area contributed by atoms with Crippen molar-refractivity contribution < 1.29 is 22.9 Å². The van der Waals surface area contributed by atoms with Crippen molar-refractivity contribution in [2.24, 2.45) is 0 Å². The highest BCUT2D eigenvalue weighted by Gasteiger charge is 2.19. The fraction of sp³-hybridized carbons (Fsp3) is 0. The molecule has 1 amide bonds. The number of hydrogen-bond acceptors (Lipinski definition) is 3. The smallest absolute Gasteiger partial charge is 0.305 e. The van der Waals surface area contributed by atoms with Gasteiger partial charge in [-0.2, -0.15) is 4.39 Å².